The molecule has 1 amide bonds. The van der Waals surface area contributed by atoms with Crippen LogP contribution < -0.4 is 10.2 Å². The molecule has 1 aromatic rings. The van der Waals surface area contributed by atoms with E-state index in [1.807, 2.05) is 5.01 Å². The van der Waals surface area contributed by atoms with E-state index in [9.17, 15) is 9.90 Å². The van der Waals surface area contributed by atoms with Gasteiger partial charge >= 0.3 is 0 Å². The first-order chi connectivity index (χ1) is 9.52. The van der Waals surface area contributed by atoms with Crippen LogP contribution in [-0.4, -0.2) is 35.2 Å². The van der Waals surface area contributed by atoms with Crippen molar-refractivity contribution < 1.29 is 14.6 Å². The number of nitrogens with one attached hydrogen (secondary N) is 1. The SMILES string of the molecule is COc1ccc(O)c(C(=O)NN2C(C)CCCC2C)c1. The molecule has 0 bridgehead atoms. The smallest absolute Gasteiger partial charge is 0.269 e. The van der Waals surface area contributed by atoms with E-state index in [0.29, 0.717) is 17.8 Å². The Bertz CT molecular complexity index is 480. The van der Waals surface area contributed by atoms with Crippen molar-refractivity contribution >= 4 is 5.91 Å². The van der Waals surface area contributed by atoms with E-state index in [2.05, 4.69) is 19.3 Å². The number of ether oxygens (including phenoxy) is 1. The number of carbonyl (C=O) groups is 1. The zero-order valence-corrected chi connectivity index (χ0v) is 12.2. The highest BCUT2D eigenvalue weighted by molar-refractivity contribution is 5.96. The third kappa shape index (κ3) is 3.04. The molecule has 2 N–H and O–H groups in total. The molecule has 1 saturated heterocycles. The average molecular weight is 278 g/mol. The molecule has 1 aromatic carbocycles. The topological polar surface area (TPSA) is 61.8 Å². The van der Waals surface area contributed by atoms with Gasteiger partial charge in [0.1, 0.15) is 11.5 Å². The number of phenolic OH excluding ortho intramolecular Hbond substituents is 1. The van der Waals surface area contributed by atoms with Crippen LogP contribution in [0.5, 0.6) is 11.5 Å². The van der Waals surface area contributed by atoms with Gasteiger partial charge < -0.3 is 9.84 Å². The molecule has 110 valence electrons. The minimum atomic E-state index is -0.304. The summed E-state index contributed by atoms with van der Waals surface area (Å²) in [4.78, 5) is 12.3. The number of nitrogens with zero attached hydrogens (tertiary/aromatic N) is 1. The summed E-state index contributed by atoms with van der Waals surface area (Å²) < 4.78 is 5.09. The van der Waals surface area contributed by atoms with E-state index in [1.165, 1.54) is 19.6 Å². The standard InChI is InChI=1S/C15H22N2O3/c1-10-5-4-6-11(2)17(10)16-15(19)13-9-12(20-3)7-8-14(13)18/h7-11,18H,4-6H2,1-3H3,(H,16,19). The van der Waals surface area contributed by atoms with E-state index >= 15 is 0 Å². The highest BCUT2D eigenvalue weighted by atomic mass is 16.5. The summed E-state index contributed by atoms with van der Waals surface area (Å²) in [5.74, 6) is 0.204. The summed E-state index contributed by atoms with van der Waals surface area (Å²) in [6.07, 6.45) is 3.31. The number of aromatic hydroxyl groups is 1. The van der Waals surface area contributed by atoms with E-state index in [4.69, 9.17) is 4.74 Å². The fourth-order valence-electron chi connectivity index (χ4n) is 2.64. The maximum Gasteiger partial charge on any atom is 0.269 e. The van der Waals surface area contributed by atoms with Crippen LogP contribution in [0.25, 0.3) is 0 Å². The van der Waals surface area contributed by atoms with Crippen molar-refractivity contribution in [2.24, 2.45) is 0 Å². The number of methoxy groups -OCH3 is 1. The fraction of sp³-hybridized carbons (Fsp3) is 0.533. The Labute approximate surface area is 119 Å². The molecular formula is C15H22N2O3. The Kier molecular flexibility index (Phi) is 4.49. The molecule has 20 heavy (non-hydrogen) atoms. The predicted molar refractivity (Wildman–Crippen MR) is 76.7 cm³/mol. The maximum atomic E-state index is 12.3. The molecule has 0 aliphatic carbocycles. The Morgan fingerprint density at radius 3 is 2.60 bits per heavy atom. The number of rotatable bonds is 3. The molecule has 0 saturated carbocycles. The Hall–Kier alpha value is -1.75. The second kappa shape index (κ2) is 6.13. The molecule has 1 aliphatic heterocycles. The van der Waals surface area contributed by atoms with Crippen LogP contribution in [0.1, 0.15) is 43.5 Å². The van der Waals surface area contributed by atoms with Crippen molar-refractivity contribution in [3.63, 3.8) is 0 Å². The van der Waals surface area contributed by atoms with E-state index < -0.39 is 0 Å². The summed E-state index contributed by atoms with van der Waals surface area (Å²) in [5.41, 5.74) is 3.14. The van der Waals surface area contributed by atoms with Crippen LogP contribution in [-0.2, 0) is 0 Å². The molecular weight excluding hydrogens is 256 g/mol. The summed E-state index contributed by atoms with van der Waals surface area (Å²) >= 11 is 0. The molecule has 5 nitrogen and oxygen atoms in total. The number of hydrogen-bond donors (Lipinski definition) is 2. The normalized spacial score (nSPS) is 23.4. The molecule has 2 rings (SSSR count). The van der Waals surface area contributed by atoms with Gasteiger partial charge in [-0.05, 0) is 44.9 Å². The number of benzene rings is 1. The second-order valence-corrected chi connectivity index (χ2v) is 5.36. The lowest BCUT2D eigenvalue weighted by Crippen LogP contribution is -2.54. The summed E-state index contributed by atoms with van der Waals surface area (Å²) in [7, 11) is 1.53. The lowest BCUT2D eigenvalue weighted by molar-refractivity contribution is 0.0368. The molecule has 0 spiro atoms. The Morgan fingerprint density at radius 2 is 2.00 bits per heavy atom. The number of piperidine rings is 1. The zero-order chi connectivity index (χ0) is 14.7. The summed E-state index contributed by atoms with van der Waals surface area (Å²) in [5, 5.41) is 11.8. The quantitative estimate of drug-likeness (QED) is 0.890. The molecule has 1 heterocycles. The van der Waals surface area contributed by atoms with Gasteiger partial charge in [0.05, 0.1) is 12.7 Å². The van der Waals surface area contributed by atoms with Crippen LogP contribution in [0.4, 0.5) is 0 Å². The first-order valence-corrected chi connectivity index (χ1v) is 6.99. The van der Waals surface area contributed by atoms with Crippen molar-refractivity contribution in [1.82, 2.24) is 10.4 Å². The average Bonchev–Trinajstić information content (AvgIpc) is 2.43. The van der Waals surface area contributed by atoms with Crippen molar-refractivity contribution in [3.05, 3.63) is 23.8 Å². The van der Waals surface area contributed by atoms with E-state index in [1.54, 1.807) is 12.1 Å². The van der Waals surface area contributed by atoms with Gasteiger partial charge in [-0.25, -0.2) is 5.01 Å². The number of amides is 1. The van der Waals surface area contributed by atoms with Gasteiger partial charge in [0, 0.05) is 12.1 Å². The molecule has 5 heteroatoms. The van der Waals surface area contributed by atoms with Gasteiger partial charge in [-0.1, -0.05) is 6.42 Å². The fourth-order valence-corrected chi connectivity index (χ4v) is 2.64. The van der Waals surface area contributed by atoms with Crippen molar-refractivity contribution in [2.45, 2.75) is 45.2 Å². The first-order valence-electron chi connectivity index (χ1n) is 6.99. The number of phenols is 1. The van der Waals surface area contributed by atoms with Crippen LogP contribution in [0.3, 0.4) is 0 Å². The van der Waals surface area contributed by atoms with Crippen molar-refractivity contribution in [2.75, 3.05) is 7.11 Å². The van der Waals surface area contributed by atoms with Crippen LogP contribution >= 0.6 is 0 Å². The number of hydrogen-bond acceptors (Lipinski definition) is 4. The monoisotopic (exact) mass is 278 g/mol. The highest BCUT2D eigenvalue weighted by Crippen LogP contribution is 2.24. The second-order valence-electron chi connectivity index (χ2n) is 5.36. The Morgan fingerprint density at radius 1 is 1.35 bits per heavy atom. The largest absolute Gasteiger partial charge is 0.507 e. The van der Waals surface area contributed by atoms with E-state index in [-0.39, 0.29) is 17.2 Å². The first kappa shape index (κ1) is 14.7. The lowest BCUT2D eigenvalue weighted by atomic mass is 10.00. The molecule has 2 atom stereocenters. The molecule has 1 aliphatic rings. The molecule has 0 aromatic heterocycles. The Balaban J connectivity index is 2.15. The van der Waals surface area contributed by atoms with Crippen molar-refractivity contribution in [3.8, 4) is 11.5 Å². The minimum absolute atomic E-state index is 0.0411. The molecule has 0 radical (unpaired) electrons. The minimum Gasteiger partial charge on any atom is -0.507 e. The third-order valence-corrected chi connectivity index (χ3v) is 3.87. The summed E-state index contributed by atoms with van der Waals surface area (Å²) in [6, 6.07) is 5.24. The highest BCUT2D eigenvalue weighted by Gasteiger charge is 2.27. The van der Waals surface area contributed by atoms with Gasteiger partial charge in [0.2, 0.25) is 0 Å². The van der Waals surface area contributed by atoms with Gasteiger partial charge in [0.25, 0.3) is 5.91 Å². The third-order valence-electron chi connectivity index (χ3n) is 3.87. The molecule has 2 unspecified atom stereocenters. The predicted octanol–water partition coefficient (Wildman–Crippen LogP) is 2.31. The number of hydrazine groups is 1. The zero-order valence-electron chi connectivity index (χ0n) is 12.2. The van der Waals surface area contributed by atoms with Crippen LogP contribution in [0, 0.1) is 0 Å². The number of carbonyl (C=O) groups excluding carboxylic acids is 1. The van der Waals surface area contributed by atoms with Gasteiger partial charge in [-0.2, -0.15) is 0 Å². The van der Waals surface area contributed by atoms with Crippen LogP contribution in [0.15, 0.2) is 18.2 Å². The van der Waals surface area contributed by atoms with Gasteiger partial charge in [-0.3, -0.25) is 10.2 Å². The maximum absolute atomic E-state index is 12.3. The van der Waals surface area contributed by atoms with Crippen LogP contribution in [0.2, 0.25) is 0 Å². The summed E-state index contributed by atoms with van der Waals surface area (Å²) in [6.45, 7) is 4.20. The van der Waals surface area contributed by atoms with E-state index in [0.717, 1.165) is 12.8 Å². The van der Waals surface area contributed by atoms with Gasteiger partial charge in [-0.15, -0.1) is 0 Å². The lowest BCUT2D eigenvalue weighted by Gasteiger charge is -2.38. The molecule has 1 fully saturated rings. The van der Waals surface area contributed by atoms with Crippen molar-refractivity contribution in [1.29, 1.82) is 0 Å². The van der Waals surface area contributed by atoms with Gasteiger partial charge in [0.15, 0.2) is 0 Å².